The molecule has 3 aromatic rings. The number of aromatic nitrogens is 2. The number of methoxy groups -OCH3 is 1. The first-order valence-electron chi connectivity index (χ1n) is 6.75. The van der Waals surface area contributed by atoms with E-state index in [4.69, 9.17) is 4.74 Å². The van der Waals surface area contributed by atoms with E-state index in [2.05, 4.69) is 30.8 Å². The molecule has 6 nitrogen and oxygen atoms in total. The van der Waals surface area contributed by atoms with Gasteiger partial charge >= 0.3 is 0 Å². The Morgan fingerprint density at radius 2 is 1.88 bits per heavy atom. The molecular weight excluding hydrogens is 414 g/mol. The SMILES string of the molecule is COc1ccc(Br)cc1S(=O)(=O)Nc1nnc(-c2ccccc2)s1. The minimum absolute atomic E-state index is 0.0239. The Hall–Kier alpha value is -1.97. The zero-order valence-electron chi connectivity index (χ0n) is 12.4. The van der Waals surface area contributed by atoms with E-state index in [1.54, 1.807) is 12.1 Å². The van der Waals surface area contributed by atoms with E-state index >= 15 is 0 Å². The quantitative estimate of drug-likeness (QED) is 0.672. The van der Waals surface area contributed by atoms with E-state index in [0.29, 0.717) is 9.48 Å². The van der Waals surface area contributed by atoms with Crippen LogP contribution in [0.4, 0.5) is 5.13 Å². The number of benzene rings is 2. The summed E-state index contributed by atoms with van der Waals surface area (Å²) in [5.41, 5.74) is 0.875. The van der Waals surface area contributed by atoms with Crippen LogP contribution in [0.1, 0.15) is 0 Å². The van der Waals surface area contributed by atoms with E-state index in [1.165, 1.54) is 13.2 Å². The highest BCUT2D eigenvalue weighted by atomic mass is 79.9. The number of hydrogen-bond acceptors (Lipinski definition) is 6. The van der Waals surface area contributed by atoms with Crippen molar-refractivity contribution in [1.82, 2.24) is 10.2 Å². The largest absolute Gasteiger partial charge is 0.495 e. The summed E-state index contributed by atoms with van der Waals surface area (Å²) in [4.78, 5) is 0.0239. The van der Waals surface area contributed by atoms with Gasteiger partial charge in [0.1, 0.15) is 15.7 Å². The maximum Gasteiger partial charge on any atom is 0.267 e. The number of hydrogen-bond donors (Lipinski definition) is 1. The second-order valence-electron chi connectivity index (χ2n) is 4.68. The van der Waals surface area contributed by atoms with Gasteiger partial charge < -0.3 is 4.74 Å². The van der Waals surface area contributed by atoms with Gasteiger partial charge in [0.25, 0.3) is 10.0 Å². The number of rotatable bonds is 5. The minimum Gasteiger partial charge on any atom is -0.495 e. The summed E-state index contributed by atoms with van der Waals surface area (Å²) in [5, 5.41) is 8.76. The topological polar surface area (TPSA) is 81.2 Å². The van der Waals surface area contributed by atoms with E-state index < -0.39 is 10.0 Å². The predicted molar refractivity (Wildman–Crippen MR) is 96.8 cm³/mol. The zero-order chi connectivity index (χ0) is 17.2. The summed E-state index contributed by atoms with van der Waals surface area (Å²) >= 11 is 4.43. The summed E-state index contributed by atoms with van der Waals surface area (Å²) in [5.74, 6) is 0.249. The normalized spacial score (nSPS) is 11.2. The molecule has 0 saturated carbocycles. The summed E-state index contributed by atoms with van der Waals surface area (Å²) in [7, 11) is -2.43. The Bertz CT molecular complexity index is 959. The second kappa shape index (κ2) is 6.88. The van der Waals surface area contributed by atoms with Crippen molar-refractivity contribution in [3.8, 4) is 16.3 Å². The van der Waals surface area contributed by atoms with Gasteiger partial charge in [0.15, 0.2) is 0 Å². The fourth-order valence-corrected chi connectivity index (χ4v) is 4.68. The molecule has 3 rings (SSSR count). The van der Waals surface area contributed by atoms with Crippen LogP contribution in [0.25, 0.3) is 10.6 Å². The van der Waals surface area contributed by atoms with Crippen molar-refractivity contribution in [3.63, 3.8) is 0 Å². The van der Waals surface area contributed by atoms with E-state index in [0.717, 1.165) is 16.9 Å². The van der Waals surface area contributed by atoms with Crippen molar-refractivity contribution in [1.29, 1.82) is 0 Å². The second-order valence-corrected chi connectivity index (χ2v) is 8.22. The fourth-order valence-electron chi connectivity index (χ4n) is 1.99. The van der Waals surface area contributed by atoms with E-state index in [1.807, 2.05) is 30.3 Å². The molecule has 1 N–H and O–H groups in total. The lowest BCUT2D eigenvalue weighted by molar-refractivity contribution is 0.403. The lowest BCUT2D eigenvalue weighted by Crippen LogP contribution is -2.14. The summed E-state index contributed by atoms with van der Waals surface area (Å²) in [6.45, 7) is 0. The molecular formula is C15H12BrN3O3S2. The lowest BCUT2D eigenvalue weighted by Gasteiger charge is -2.10. The number of ether oxygens (including phenoxy) is 1. The molecule has 0 aliphatic rings. The highest BCUT2D eigenvalue weighted by molar-refractivity contribution is 9.10. The average molecular weight is 426 g/mol. The van der Waals surface area contributed by atoms with Crippen LogP contribution in [0.3, 0.4) is 0 Å². The van der Waals surface area contributed by atoms with Gasteiger partial charge in [-0.2, -0.15) is 0 Å². The molecule has 0 spiro atoms. The molecule has 0 unspecified atom stereocenters. The fraction of sp³-hybridized carbons (Fsp3) is 0.0667. The van der Waals surface area contributed by atoms with Crippen molar-refractivity contribution < 1.29 is 13.2 Å². The molecule has 0 fully saturated rings. The Morgan fingerprint density at radius 3 is 2.58 bits per heavy atom. The highest BCUT2D eigenvalue weighted by Gasteiger charge is 2.22. The number of halogens is 1. The molecule has 0 aliphatic carbocycles. The van der Waals surface area contributed by atoms with E-state index in [-0.39, 0.29) is 15.8 Å². The van der Waals surface area contributed by atoms with Crippen molar-refractivity contribution in [2.24, 2.45) is 0 Å². The Morgan fingerprint density at radius 1 is 1.12 bits per heavy atom. The van der Waals surface area contributed by atoms with E-state index in [9.17, 15) is 8.42 Å². The Balaban J connectivity index is 1.91. The molecule has 124 valence electrons. The molecule has 2 aromatic carbocycles. The van der Waals surface area contributed by atoms with Crippen LogP contribution in [-0.4, -0.2) is 25.7 Å². The summed E-state index contributed by atoms with van der Waals surface area (Å²) in [6, 6.07) is 14.2. The molecule has 9 heteroatoms. The van der Waals surface area contributed by atoms with Gasteiger partial charge in [0, 0.05) is 10.0 Å². The molecule has 0 atom stereocenters. The summed E-state index contributed by atoms with van der Waals surface area (Å²) < 4.78 is 33.4. The van der Waals surface area contributed by atoms with Crippen LogP contribution in [0, 0.1) is 0 Å². The first-order valence-corrected chi connectivity index (χ1v) is 9.84. The molecule has 0 saturated heterocycles. The molecule has 0 aliphatic heterocycles. The van der Waals surface area contributed by atoms with Crippen molar-refractivity contribution in [3.05, 3.63) is 53.0 Å². The number of nitrogens with zero attached hydrogens (tertiary/aromatic N) is 2. The van der Waals surface area contributed by atoms with Gasteiger partial charge in [0.2, 0.25) is 5.13 Å². The van der Waals surface area contributed by atoms with Crippen molar-refractivity contribution >= 4 is 42.4 Å². The third-order valence-electron chi connectivity index (χ3n) is 3.08. The van der Waals surface area contributed by atoms with Crippen LogP contribution in [-0.2, 0) is 10.0 Å². The van der Waals surface area contributed by atoms with Crippen molar-refractivity contribution in [2.75, 3.05) is 11.8 Å². The van der Waals surface area contributed by atoms with Crippen LogP contribution in [0.5, 0.6) is 5.75 Å². The first-order chi connectivity index (χ1) is 11.5. The third-order valence-corrected chi connectivity index (χ3v) is 5.95. The van der Waals surface area contributed by atoms with Crippen LogP contribution >= 0.6 is 27.3 Å². The van der Waals surface area contributed by atoms with Crippen LogP contribution in [0.15, 0.2) is 57.9 Å². The van der Waals surface area contributed by atoms with Crippen LogP contribution in [0.2, 0.25) is 0 Å². The molecule has 1 heterocycles. The maximum absolute atomic E-state index is 12.6. The maximum atomic E-state index is 12.6. The van der Waals surface area contributed by atoms with Gasteiger partial charge in [-0.3, -0.25) is 4.72 Å². The molecule has 0 bridgehead atoms. The summed E-state index contributed by atoms with van der Waals surface area (Å²) in [6.07, 6.45) is 0. The average Bonchev–Trinajstić information content (AvgIpc) is 3.03. The van der Waals surface area contributed by atoms with Crippen LogP contribution < -0.4 is 9.46 Å². The number of sulfonamides is 1. The molecule has 24 heavy (non-hydrogen) atoms. The van der Waals surface area contributed by atoms with Gasteiger partial charge in [-0.25, -0.2) is 8.42 Å². The minimum atomic E-state index is -3.84. The number of nitrogens with one attached hydrogen (secondary N) is 1. The zero-order valence-corrected chi connectivity index (χ0v) is 15.7. The van der Waals surface area contributed by atoms with Gasteiger partial charge in [0.05, 0.1) is 7.11 Å². The van der Waals surface area contributed by atoms with Gasteiger partial charge in [-0.15, -0.1) is 10.2 Å². The van der Waals surface area contributed by atoms with Crippen molar-refractivity contribution in [2.45, 2.75) is 4.90 Å². The van der Waals surface area contributed by atoms with Gasteiger partial charge in [-0.1, -0.05) is 57.6 Å². The monoisotopic (exact) mass is 425 g/mol. The Kier molecular flexibility index (Phi) is 4.83. The number of anilines is 1. The lowest BCUT2D eigenvalue weighted by atomic mass is 10.2. The Labute approximate surface area is 151 Å². The standard InChI is InChI=1S/C15H12BrN3O3S2/c1-22-12-8-7-11(16)9-13(12)24(20,21)19-15-18-17-14(23-15)10-5-3-2-4-6-10/h2-9H,1H3,(H,18,19). The predicted octanol–water partition coefficient (Wildman–Crippen LogP) is 3.78. The highest BCUT2D eigenvalue weighted by Crippen LogP contribution is 2.31. The molecule has 0 amide bonds. The third kappa shape index (κ3) is 3.58. The van der Waals surface area contributed by atoms with Gasteiger partial charge in [-0.05, 0) is 18.2 Å². The smallest absolute Gasteiger partial charge is 0.267 e. The first kappa shape index (κ1) is 16.9. The molecule has 1 aromatic heterocycles. The molecule has 0 radical (unpaired) electrons.